The first-order chi connectivity index (χ1) is 17.2. The fourth-order valence-corrected chi connectivity index (χ4v) is 5.73. The summed E-state index contributed by atoms with van der Waals surface area (Å²) in [4.78, 5) is 7.47. The van der Waals surface area contributed by atoms with Crippen molar-refractivity contribution in [1.82, 2.24) is 34.6 Å². The molecule has 5 rings (SSSR count). The molecule has 0 unspecified atom stereocenters. The minimum Gasteiger partial charge on any atom is -0.309 e. The minimum absolute atomic E-state index is 0.311. The van der Waals surface area contributed by atoms with Crippen molar-refractivity contribution in [2.75, 3.05) is 39.5 Å². The van der Waals surface area contributed by atoms with Gasteiger partial charge in [0.2, 0.25) is 0 Å². The van der Waals surface area contributed by atoms with E-state index >= 15 is 0 Å². The van der Waals surface area contributed by atoms with Gasteiger partial charge in [0.25, 0.3) is 0 Å². The molecule has 1 aromatic carbocycles. The van der Waals surface area contributed by atoms with Crippen LogP contribution in [-0.2, 0) is 29.5 Å². The van der Waals surface area contributed by atoms with Crippen LogP contribution < -0.4 is 4.72 Å². The van der Waals surface area contributed by atoms with Crippen molar-refractivity contribution in [3.8, 4) is 11.3 Å². The molecule has 11 heteroatoms. The highest BCUT2D eigenvalue weighted by Crippen LogP contribution is 2.41. The molecule has 3 N–H and O–H groups in total. The molecule has 10 nitrogen and oxygen atoms in total. The predicted molar refractivity (Wildman–Crippen MR) is 143 cm³/mol. The van der Waals surface area contributed by atoms with E-state index in [4.69, 9.17) is 4.98 Å². The van der Waals surface area contributed by atoms with Gasteiger partial charge in [-0.3, -0.25) is 14.9 Å². The number of pyridine rings is 1. The molecule has 3 aromatic heterocycles. The van der Waals surface area contributed by atoms with Crippen molar-refractivity contribution in [3.63, 3.8) is 0 Å². The van der Waals surface area contributed by atoms with E-state index in [0.29, 0.717) is 5.82 Å². The lowest BCUT2D eigenvalue weighted by Crippen LogP contribution is -2.29. The molecule has 1 aliphatic rings. The lowest BCUT2D eigenvalue weighted by atomic mass is 9.84. The highest BCUT2D eigenvalue weighted by atomic mass is 32.2. The van der Waals surface area contributed by atoms with Crippen LogP contribution in [-0.4, -0.2) is 77.7 Å². The molecule has 3 heterocycles. The maximum Gasteiger partial charge on any atom is 0.302 e. The van der Waals surface area contributed by atoms with Gasteiger partial charge >= 0.3 is 10.2 Å². The van der Waals surface area contributed by atoms with Crippen LogP contribution in [0.4, 0.5) is 5.82 Å². The van der Waals surface area contributed by atoms with Crippen LogP contribution in [0.25, 0.3) is 33.1 Å². The third-order valence-corrected chi connectivity index (χ3v) is 8.44. The number of nitrogens with one attached hydrogen (secondary N) is 3. The predicted octanol–water partition coefficient (Wildman–Crippen LogP) is 3.40. The summed E-state index contributed by atoms with van der Waals surface area (Å²) in [6.07, 6.45) is 7.73. The fourth-order valence-electron chi connectivity index (χ4n) is 5.15. The van der Waals surface area contributed by atoms with Crippen molar-refractivity contribution in [1.29, 1.82) is 0 Å². The molecule has 0 saturated carbocycles. The molecule has 0 aliphatic heterocycles. The van der Waals surface area contributed by atoms with E-state index in [2.05, 4.69) is 50.2 Å². The van der Waals surface area contributed by atoms with Gasteiger partial charge in [0.1, 0.15) is 0 Å². The smallest absolute Gasteiger partial charge is 0.302 e. The highest BCUT2D eigenvalue weighted by molar-refractivity contribution is 7.90. The number of aromatic amines is 2. The Morgan fingerprint density at radius 2 is 1.81 bits per heavy atom. The van der Waals surface area contributed by atoms with Crippen molar-refractivity contribution >= 4 is 37.8 Å². The standard InChI is InChI=1S/C25H34N8O2S/c1-15-19(14-26-28-15)24-18-11-7-6-10-17(18)21-22-20(29-30-25(22)31-36(34,35)33(4)5)13-16(23(21)27-24)9-8-12-32(2)3/h13-14H,6-12H2,1-5H3,(H,26,28)(H2,29,30,31). The van der Waals surface area contributed by atoms with Crippen LogP contribution in [0.15, 0.2) is 12.3 Å². The highest BCUT2D eigenvalue weighted by Gasteiger charge is 2.26. The summed E-state index contributed by atoms with van der Waals surface area (Å²) < 4.78 is 29.3. The van der Waals surface area contributed by atoms with Crippen LogP contribution in [0.1, 0.15) is 41.6 Å². The molecule has 0 saturated heterocycles. The summed E-state index contributed by atoms with van der Waals surface area (Å²) in [5.74, 6) is 0.311. The van der Waals surface area contributed by atoms with Crippen molar-refractivity contribution in [2.24, 2.45) is 0 Å². The number of fused-ring (bicyclic) bond motifs is 5. The minimum atomic E-state index is -3.72. The van der Waals surface area contributed by atoms with E-state index < -0.39 is 10.2 Å². The zero-order valence-corrected chi connectivity index (χ0v) is 22.4. The monoisotopic (exact) mass is 510 g/mol. The normalized spacial score (nSPS) is 14.3. The molecule has 4 aromatic rings. The van der Waals surface area contributed by atoms with Gasteiger partial charge in [0.15, 0.2) is 5.82 Å². The Bertz CT molecular complexity index is 1530. The van der Waals surface area contributed by atoms with Gasteiger partial charge in [-0.1, -0.05) is 0 Å². The van der Waals surface area contributed by atoms with Crippen LogP contribution in [0.3, 0.4) is 0 Å². The Morgan fingerprint density at radius 1 is 1.06 bits per heavy atom. The van der Waals surface area contributed by atoms with Gasteiger partial charge in [0.05, 0.1) is 28.3 Å². The molecule has 192 valence electrons. The first-order valence-electron chi connectivity index (χ1n) is 12.4. The number of aromatic nitrogens is 5. The SMILES string of the molecule is Cc1[nH]ncc1-c1nc2c(CCCN(C)C)cc3[nH]nc(NS(=O)(=O)N(C)C)c3c2c2c1CCCC2. The zero-order valence-electron chi connectivity index (χ0n) is 21.6. The number of nitrogens with zero attached hydrogens (tertiary/aromatic N) is 5. The fraction of sp³-hybridized carbons (Fsp3) is 0.480. The van der Waals surface area contributed by atoms with E-state index in [0.717, 1.165) is 93.7 Å². The van der Waals surface area contributed by atoms with E-state index in [-0.39, 0.29) is 0 Å². The Labute approximate surface area is 211 Å². The second-order valence-corrected chi connectivity index (χ2v) is 12.0. The second kappa shape index (κ2) is 9.45. The lowest BCUT2D eigenvalue weighted by Gasteiger charge is -2.23. The van der Waals surface area contributed by atoms with Crippen LogP contribution in [0, 0.1) is 6.92 Å². The summed E-state index contributed by atoms with van der Waals surface area (Å²) in [7, 11) is 3.43. The molecule has 0 spiro atoms. The number of benzene rings is 1. The van der Waals surface area contributed by atoms with Gasteiger partial charge < -0.3 is 4.90 Å². The van der Waals surface area contributed by atoms with Gasteiger partial charge in [-0.25, -0.2) is 4.98 Å². The second-order valence-electron chi connectivity index (χ2n) is 10.1. The molecule has 0 amide bonds. The van der Waals surface area contributed by atoms with Crippen LogP contribution in [0.2, 0.25) is 0 Å². The number of hydrogen-bond donors (Lipinski definition) is 3. The van der Waals surface area contributed by atoms with Crippen LogP contribution >= 0.6 is 0 Å². The Hall–Kier alpha value is -3.02. The Balaban J connectivity index is 1.82. The Morgan fingerprint density at radius 3 is 2.47 bits per heavy atom. The molecular formula is C25H34N8O2S. The summed E-state index contributed by atoms with van der Waals surface area (Å²) in [6, 6.07) is 2.09. The van der Waals surface area contributed by atoms with Crippen LogP contribution in [0.5, 0.6) is 0 Å². The number of anilines is 1. The largest absolute Gasteiger partial charge is 0.309 e. The quantitative estimate of drug-likeness (QED) is 0.334. The topological polar surface area (TPSA) is 123 Å². The molecule has 0 atom stereocenters. The Kier molecular flexibility index (Phi) is 6.48. The number of aryl methyl sites for hydroxylation is 3. The van der Waals surface area contributed by atoms with E-state index in [9.17, 15) is 8.42 Å². The van der Waals surface area contributed by atoms with Gasteiger partial charge in [-0.2, -0.15) is 22.9 Å². The average Bonchev–Trinajstić information content (AvgIpc) is 3.43. The van der Waals surface area contributed by atoms with Gasteiger partial charge in [0, 0.05) is 30.7 Å². The van der Waals surface area contributed by atoms with Crippen molar-refractivity contribution in [3.05, 3.63) is 34.6 Å². The molecule has 0 radical (unpaired) electrons. The average molecular weight is 511 g/mol. The van der Waals surface area contributed by atoms with E-state index in [1.54, 1.807) is 0 Å². The molecule has 0 fully saturated rings. The van der Waals surface area contributed by atoms with Gasteiger partial charge in [-0.15, -0.1) is 0 Å². The first-order valence-corrected chi connectivity index (χ1v) is 13.8. The third kappa shape index (κ3) is 4.35. The molecule has 1 aliphatic carbocycles. The summed E-state index contributed by atoms with van der Waals surface area (Å²) in [5.41, 5.74) is 8.35. The number of H-pyrrole nitrogens is 2. The third-order valence-electron chi connectivity index (χ3n) is 7.03. The van der Waals surface area contributed by atoms with Crippen molar-refractivity contribution < 1.29 is 8.42 Å². The molecule has 36 heavy (non-hydrogen) atoms. The van der Waals surface area contributed by atoms with Crippen molar-refractivity contribution in [2.45, 2.75) is 45.4 Å². The first kappa shape index (κ1) is 24.7. The van der Waals surface area contributed by atoms with Gasteiger partial charge in [-0.05, 0) is 88.8 Å². The number of hydrogen-bond acceptors (Lipinski definition) is 6. The maximum absolute atomic E-state index is 12.7. The molecule has 0 bridgehead atoms. The zero-order chi connectivity index (χ0) is 25.6. The summed E-state index contributed by atoms with van der Waals surface area (Å²) in [6.45, 7) is 2.99. The summed E-state index contributed by atoms with van der Waals surface area (Å²) >= 11 is 0. The van der Waals surface area contributed by atoms with E-state index in [1.807, 2.05) is 13.1 Å². The lowest BCUT2D eigenvalue weighted by molar-refractivity contribution is 0.400. The number of rotatable bonds is 8. The summed E-state index contributed by atoms with van der Waals surface area (Å²) in [5, 5.41) is 16.6. The van der Waals surface area contributed by atoms with E-state index in [1.165, 1.54) is 25.2 Å². The maximum atomic E-state index is 12.7. The molecular weight excluding hydrogens is 476 g/mol.